The average Bonchev–Trinajstić information content (AvgIpc) is 3.24. The summed E-state index contributed by atoms with van der Waals surface area (Å²) >= 11 is 0. The van der Waals surface area contributed by atoms with E-state index in [0.29, 0.717) is 0 Å². The lowest BCUT2D eigenvalue weighted by Crippen LogP contribution is -2.25. The molecule has 5 nitrogen and oxygen atoms in total. The number of fused-ring (bicyclic) bond motifs is 1. The van der Waals surface area contributed by atoms with Crippen molar-refractivity contribution in [1.82, 2.24) is 4.90 Å². The van der Waals surface area contributed by atoms with Crippen LogP contribution in [0.4, 0.5) is 5.69 Å². The van der Waals surface area contributed by atoms with Gasteiger partial charge in [-0.3, -0.25) is 20.0 Å². The Balaban J connectivity index is 1.66. The highest BCUT2D eigenvalue weighted by Crippen LogP contribution is 2.54. The van der Waals surface area contributed by atoms with Gasteiger partial charge in [0.15, 0.2) is 0 Å². The van der Waals surface area contributed by atoms with Crippen molar-refractivity contribution < 1.29 is 4.92 Å². The summed E-state index contributed by atoms with van der Waals surface area (Å²) in [6, 6.07) is 15.9. The van der Waals surface area contributed by atoms with E-state index in [0.717, 1.165) is 16.8 Å². The fraction of sp³-hybridized carbons (Fsp3) is 0.316. The number of rotatable bonds is 3. The van der Waals surface area contributed by atoms with E-state index in [1.807, 2.05) is 12.1 Å². The predicted octanol–water partition coefficient (Wildman–Crippen LogP) is 3.87. The van der Waals surface area contributed by atoms with Crippen LogP contribution in [-0.4, -0.2) is 27.2 Å². The molecule has 2 heterocycles. The van der Waals surface area contributed by atoms with Gasteiger partial charge >= 0.3 is 0 Å². The van der Waals surface area contributed by atoms with Crippen LogP contribution in [-0.2, 0) is 0 Å². The summed E-state index contributed by atoms with van der Waals surface area (Å²) in [5, 5.41) is 10.8. The zero-order chi connectivity index (χ0) is 17.1. The van der Waals surface area contributed by atoms with Gasteiger partial charge < -0.3 is 0 Å². The van der Waals surface area contributed by atoms with Crippen molar-refractivity contribution in [2.24, 2.45) is 4.99 Å². The Morgan fingerprint density at radius 2 is 1.67 bits per heavy atom. The molecule has 0 bridgehead atoms. The van der Waals surface area contributed by atoms with E-state index in [1.165, 1.54) is 5.56 Å². The zero-order valence-corrected chi connectivity index (χ0v) is 13.9. The summed E-state index contributed by atoms with van der Waals surface area (Å²) in [7, 11) is 0. The molecule has 2 aromatic rings. The highest BCUT2D eigenvalue weighted by Gasteiger charge is 2.62. The van der Waals surface area contributed by atoms with Crippen molar-refractivity contribution >= 4 is 11.4 Å². The standard InChI is InChI=1S/C19H19N3O2/c1-12-4-6-13(7-5-12)16-18-17(21(18)19(2,3)20-16)14-8-10-15(11-9-14)22(23)24/h4-11,17-18H,1-3H3/t17-,18+,21?/m0/s1. The lowest BCUT2D eigenvalue weighted by atomic mass is 10.0. The molecule has 24 heavy (non-hydrogen) atoms. The minimum Gasteiger partial charge on any atom is -0.266 e. The number of aliphatic imine (C=N–C) groups is 1. The van der Waals surface area contributed by atoms with E-state index in [2.05, 4.69) is 49.9 Å². The molecule has 1 fully saturated rings. The third-order valence-corrected chi connectivity index (χ3v) is 4.91. The number of non-ortho nitro benzene ring substituents is 1. The maximum Gasteiger partial charge on any atom is 0.269 e. The van der Waals surface area contributed by atoms with Gasteiger partial charge in [-0.1, -0.05) is 42.0 Å². The van der Waals surface area contributed by atoms with E-state index in [9.17, 15) is 10.1 Å². The van der Waals surface area contributed by atoms with Crippen LogP contribution < -0.4 is 0 Å². The fourth-order valence-electron chi connectivity index (χ4n) is 3.71. The fourth-order valence-corrected chi connectivity index (χ4v) is 3.71. The van der Waals surface area contributed by atoms with Gasteiger partial charge in [0, 0.05) is 12.1 Å². The molecule has 0 amide bonds. The molecular formula is C19H19N3O2. The van der Waals surface area contributed by atoms with Gasteiger partial charge in [0.25, 0.3) is 5.69 Å². The lowest BCUT2D eigenvalue weighted by molar-refractivity contribution is -0.384. The zero-order valence-electron chi connectivity index (χ0n) is 13.9. The maximum atomic E-state index is 10.8. The van der Waals surface area contributed by atoms with E-state index < -0.39 is 0 Å². The second kappa shape index (κ2) is 4.98. The van der Waals surface area contributed by atoms with Crippen LogP contribution in [0.5, 0.6) is 0 Å². The van der Waals surface area contributed by atoms with Crippen LogP contribution in [0.25, 0.3) is 0 Å². The number of hydrogen-bond donors (Lipinski definition) is 0. The number of hydrogen-bond acceptors (Lipinski definition) is 4. The van der Waals surface area contributed by atoms with Gasteiger partial charge in [0.2, 0.25) is 0 Å². The molecule has 0 saturated carbocycles. The van der Waals surface area contributed by atoms with Crippen molar-refractivity contribution in [3.63, 3.8) is 0 Å². The molecule has 2 aromatic carbocycles. The largest absolute Gasteiger partial charge is 0.269 e. The molecule has 1 unspecified atom stereocenters. The highest BCUT2D eigenvalue weighted by molar-refractivity contribution is 6.08. The molecule has 5 heteroatoms. The van der Waals surface area contributed by atoms with Crippen molar-refractivity contribution in [3.8, 4) is 0 Å². The van der Waals surface area contributed by atoms with Gasteiger partial charge in [0.05, 0.1) is 22.7 Å². The SMILES string of the molecule is Cc1ccc(C2=NC(C)(C)N3[C@H]2[C@@H]3c2ccc([N+](=O)[O-])cc2)cc1. The molecule has 3 atom stereocenters. The van der Waals surface area contributed by atoms with E-state index in [4.69, 9.17) is 4.99 Å². The molecule has 1 saturated heterocycles. The summed E-state index contributed by atoms with van der Waals surface area (Å²) in [5.41, 5.74) is 4.49. The molecule has 2 aliphatic rings. The van der Waals surface area contributed by atoms with Crippen LogP contribution in [0.1, 0.15) is 36.6 Å². The molecule has 122 valence electrons. The molecule has 2 aliphatic heterocycles. The van der Waals surface area contributed by atoms with Crippen LogP contribution in [0.15, 0.2) is 53.5 Å². The summed E-state index contributed by atoms with van der Waals surface area (Å²) in [5.74, 6) is 0. The Kier molecular flexibility index (Phi) is 3.12. The van der Waals surface area contributed by atoms with Crippen LogP contribution in [0, 0.1) is 17.0 Å². The molecule has 4 rings (SSSR count). The first-order valence-corrected chi connectivity index (χ1v) is 8.08. The highest BCUT2D eigenvalue weighted by atomic mass is 16.6. The second-order valence-electron chi connectivity index (χ2n) is 7.00. The average molecular weight is 321 g/mol. The van der Waals surface area contributed by atoms with Gasteiger partial charge in [-0.15, -0.1) is 0 Å². The minimum absolute atomic E-state index is 0.131. The molecule has 0 aliphatic carbocycles. The third kappa shape index (κ3) is 2.24. The second-order valence-corrected chi connectivity index (χ2v) is 7.00. The number of nitro benzene ring substituents is 1. The van der Waals surface area contributed by atoms with E-state index in [1.54, 1.807) is 12.1 Å². The molecular weight excluding hydrogens is 302 g/mol. The summed E-state index contributed by atoms with van der Waals surface area (Å²) in [6.45, 7) is 6.31. The van der Waals surface area contributed by atoms with Gasteiger partial charge in [-0.25, -0.2) is 0 Å². The first-order chi connectivity index (χ1) is 11.4. The van der Waals surface area contributed by atoms with Crippen molar-refractivity contribution in [3.05, 3.63) is 75.3 Å². The number of benzene rings is 2. The topological polar surface area (TPSA) is 58.5 Å². The predicted molar refractivity (Wildman–Crippen MR) is 93.3 cm³/mol. The Labute approximate surface area is 140 Å². The van der Waals surface area contributed by atoms with E-state index in [-0.39, 0.29) is 28.4 Å². The van der Waals surface area contributed by atoms with Crippen molar-refractivity contribution in [2.45, 2.75) is 38.5 Å². The van der Waals surface area contributed by atoms with Crippen molar-refractivity contribution in [2.75, 3.05) is 0 Å². The quantitative estimate of drug-likeness (QED) is 0.490. The Morgan fingerprint density at radius 1 is 1.04 bits per heavy atom. The smallest absolute Gasteiger partial charge is 0.266 e. The van der Waals surface area contributed by atoms with Crippen LogP contribution in [0.3, 0.4) is 0 Å². The Hall–Kier alpha value is -2.53. The van der Waals surface area contributed by atoms with Gasteiger partial charge in [-0.05, 0) is 31.9 Å². The van der Waals surface area contributed by atoms with Crippen molar-refractivity contribution in [1.29, 1.82) is 0 Å². The Bertz CT molecular complexity index is 838. The molecule has 0 spiro atoms. The normalized spacial score (nSPS) is 26.6. The summed E-state index contributed by atoms with van der Waals surface area (Å²) < 4.78 is 0. The summed E-state index contributed by atoms with van der Waals surface area (Å²) in [4.78, 5) is 17.7. The molecule has 0 radical (unpaired) electrons. The van der Waals surface area contributed by atoms with Crippen LogP contribution >= 0.6 is 0 Å². The molecule has 0 N–H and O–H groups in total. The summed E-state index contributed by atoms with van der Waals surface area (Å²) in [6.07, 6.45) is 0. The monoisotopic (exact) mass is 321 g/mol. The van der Waals surface area contributed by atoms with Gasteiger partial charge in [-0.2, -0.15) is 0 Å². The minimum atomic E-state index is -0.360. The van der Waals surface area contributed by atoms with Crippen LogP contribution in [0.2, 0.25) is 0 Å². The molecule has 0 aromatic heterocycles. The van der Waals surface area contributed by atoms with E-state index >= 15 is 0 Å². The lowest BCUT2D eigenvalue weighted by Gasteiger charge is -2.20. The first kappa shape index (κ1) is 15.0. The Morgan fingerprint density at radius 3 is 2.25 bits per heavy atom. The first-order valence-electron chi connectivity index (χ1n) is 8.08. The number of nitro groups is 1. The third-order valence-electron chi connectivity index (χ3n) is 4.91. The number of nitrogens with zero attached hydrogens (tertiary/aromatic N) is 3. The maximum absolute atomic E-state index is 10.8. The number of aryl methyl sites for hydroxylation is 1. The van der Waals surface area contributed by atoms with Gasteiger partial charge in [0.1, 0.15) is 5.66 Å².